The fraction of sp³-hybridized carbons (Fsp3) is 0.857. The van der Waals surface area contributed by atoms with Gasteiger partial charge in [-0.25, -0.2) is 0 Å². The molecule has 1 atom stereocenters. The van der Waals surface area contributed by atoms with E-state index in [9.17, 15) is 4.79 Å². The van der Waals surface area contributed by atoms with Gasteiger partial charge in [0.15, 0.2) is 0 Å². The second kappa shape index (κ2) is 5.75. The van der Waals surface area contributed by atoms with E-state index in [1.165, 1.54) is 6.42 Å². The Morgan fingerprint density at radius 1 is 1.26 bits per heavy atom. The molecule has 1 aliphatic heterocycles. The Kier molecular flexibility index (Phi) is 4.46. The van der Waals surface area contributed by atoms with Gasteiger partial charge in [0.1, 0.15) is 0 Å². The van der Waals surface area contributed by atoms with Gasteiger partial charge >= 0.3 is 0 Å². The van der Waals surface area contributed by atoms with Crippen molar-refractivity contribution in [3.63, 3.8) is 0 Å². The van der Waals surface area contributed by atoms with Crippen molar-refractivity contribution in [1.29, 1.82) is 0 Å². The molecular weight excluding hydrogens is 260 g/mol. The summed E-state index contributed by atoms with van der Waals surface area (Å²) in [5.41, 5.74) is 5.02. The van der Waals surface area contributed by atoms with E-state index in [0.717, 1.165) is 45.1 Å². The Labute approximate surface area is 120 Å². The molecule has 0 aromatic rings. The summed E-state index contributed by atoms with van der Waals surface area (Å²) in [5.74, 6) is -0.00331. The summed E-state index contributed by atoms with van der Waals surface area (Å²) in [6, 6.07) is 0. The molecule has 4 nitrogen and oxygen atoms in total. The first kappa shape index (κ1) is 14.7. The molecule has 1 aliphatic carbocycles. The highest BCUT2D eigenvalue weighted by Crippen LogP contribution is 2.37. The molecule has 1 saturated carbocycles. The fourth-order valence-corrected chi connectivity index (χ4v) is 3.45. The fourth-order valence-electron chi connectivity index (χ4n) is 3.15. The van der Waals surface area contributed by atoms with E-state index in [0.29, 0.717) is 11.5 Å². The molecule has 0 bridgehead atoms. The van der Waals surface area contributed by atoms with Crippen LogP contribution in [0.25, 0.3) is 0 Å². The molecule has 19 heavy (non-hydrogen) atoms. The Bertz CT molecular complexity index is 358. The maximum Gasteiger partial charge on any atom is 0.233 e. The van der Waals surface area contributed by atoms with E-state index in [1.807, 2.05) is 0 Å². The highest BCUT2D eigenvalue weighted by Gasteiger charge is 2.43. The van der Waals surface area contributed by atoms with Crippen LogP contribution in [0.1, 0.15) is 51.9 Å². The Hall–Kier alpha value is -0.680. The largest absolute Gasteiger partial charge is 0.392 e. The average molecular weight is 284 g/mol. The van der Waals surface area contributed by atoms with Crippen molar-refractivity contribution < 1.29 is 9.53 Å². The normalized spacial score (nSPS) is 29.9. The number of rotatable bonds is 4. The zero-order valence-corrected chi connectivity index (χ0v) is 12.5. The van der Waals surface area contributed by atoms with Crippen LogP contribution in [-0.2, 0) is 9.53 Å². The van der Waals surface area contributed by atoms with E-state index in [2.05, 4.69) is 12.2 Å². The number of amides is 1. The lowest BCUT2D eigenvalue weighted by Crippen LogP contribution is -2.52. The molecule has 0 aromatic heterocycles. The highest BCUT2D eigenvalue weighted by molar-refractivity contribution is 7.80. The van der Waals surface area contributed by atoms with Gasteiger partial charge in [0.05, 0.1) is 16.0 Å². The van der Waals surface area contributed by atoms with Crippen LogP contribution in [0.3, 0.4) is 0 Å². The van der Waals surface area contributed by atoms with Gasteiger partial charge in [0.25, 0.3) is 0 Å². The van der Waals surface area contributed by atoms with Gasteiger partial charge in [-0.1, -0.05) is 31.5 Å². The first-order chi connectivity index (χ1) is 8.99. The predicted molar refractivity (Wildman–Crippen MR) is 78.9 cm³/mol. The number of nitrogens with two attached hydrogens (primary N) is 1. The van der Waals surface area contributed by atoms with E-state index in [4.69, 9.17) is 22.7 Å². The zero-order valence-electron chi connectivity index (χ0n) is 11.7. The first-order valence-electron chi connectivity index (χ1n) is 7.21. The molecule has 0 spiro atoms. The molecule has 2 fully saturated rings. The minimum atomic E-state index is -0.622. The molecule has 108 valence electrons. The van der Waals surface area contributed by atoms with Gasteiger partial charge in [-0.15, -0.1) is 0 Å². The van der Waals surface area contributed by atoms with Crippen LogP contribution in [0.5, 0.6) is 0 Å². The predicted octanol–water partition coefficient (Wildman–Crippen LogP) is 1.91. The standard InChI is InChI=1S/C14H24N2O2S/c1-13(6-5-9-18-13)10-16-12(17)14(11(15)19)7-3-2-4-8-14/h2-10H2,1H3,(H2,15,19)(H,16,17). The molecule has 0 radical (unpaired) electrons. The van der Waals surface area contributed by atoms with Crippen LogP contribution in [-0.4, -0.2) is 29.6 Å². The van der Waals surface area contributed by atoms with Crippen LogP contribution in [0.2, 0.25) is 0 Å². The molecule has 1 unspecified atom stereocenters. The van der Waals surface area contributed by atoms with Crippen molar-refractivity contribution in [2.75, 3.05) is 13.2 Å². The number of nitrogens with one attached hydrogen (secondary N) is 1. The van der Waals surface area contributed by atoms with Crippen LogP contribution in [0, 0.1) is 5.41 Å². The molecule has 3 N–H and O–H groups in total. The van der Waals surface area contributed by atoms with E-state index >= 15 is 0 Å². The third-order valence-electron chi connectivity index (χ3n) is 4.54. The van der Waals surface area contributed by atoms with Crippen LogP contribution in [0.15, 0.2) is 0 Å². The number of hydrogen-bond donors (Lipinski definition) is 2. The van der Waals surface area contributed by atoms with Crippen LogP contribution in [0.4, 0.5) is 0 Å². The van der Waals surface area contributed by atoms with Crippen molar-refractivity contribution in [3.05, 3.63) is 0 Å². The molecule has 2 rings (SSSR count). The summed E-state index contributed by atoms with van der Waals surface area (Å²) in [6.07, 6.45) is 6.84. The van der Waals surface area contributed by atoms with E-state index < -0.39 is 5.41 Å². The van der Waals surface area contributed by atoms with Gasteiger partial charge in [-0.3, -0.25) is 4.79 Å². The molecular formula is C14H24N2O2S. The zero-order chi connectivity index (χ0) is 13.9. The van der Waals surface area contributed by atoms with Crippen LogP contribution >= 0.6 is 12.2 Å². The summed E-state index contributed by atoms with van der Waals surface area (Å²) in [5, 5.41) is 3.03. The maximum absolute atomic E-state index is 12.5. The molecule has 1 amide bonds. The van der Waals surface area contributed by atoms with Gasteiger partial charge in [0.2, 0.25) is 5.91 Å². The van der Waals surface area contributed by atoms with Gasteiger partial charge < -0.3 is 15.8 Å². The first-order valence-corrected chi connectivity index (χ1v) is 7.62. The second-order valence-corrected chi connectivity index (χ2v) is 6.53. The maximum atomic E-state index is 12.5. The topological polar surface area (TPSA) is 64.4 Å². The van der Waals surface area contributed by atoms with Crippen molar-refractivity contribution in [1.82, 2.24) is 5.32 Å². The van der Waals surface area contributed by atoms with Crippen molar-refractivity contribution >= 4 is 23.1 Å². The smallest absolute Gasteiger partial charge is 0.233 e. The van der Waals surface area contributed by atoms with Crippen molar-refractivity contribution in [3.8, 4) is 0 Å². The number of thiocarbonyl (C=S) groups is 1. The second-order valence-electron chi connectivity index (χ2n) is 6.09. The lowest BCUT2D eigenvalue weighted by atomic mass is 9.73. The summed E-state index contributed by atoms with van der Waals surface area (Å²) in [7, 11) is 0. The van der Waals surface area contributed by atoms with E-state index in [-0.39, 0.29) is 11.5 Å². The third-order valence-corrected chi connectivity index (χ3v) is 4.93. The molecule has 1 saturated heterocycles. The Morgan fingerprint density at radius 2 is 1.95 bits per heavy atom. The lowest BCUT2D eigenvalue weighted by molar-refractivity contribution is -0.130. The minimum absolute atomic E-state index is 0.00331. The average Bonchev–Trinajstić information content (AvgIpc) is 2.84. The molecule has 5 heteroatoms. The van der Waals surface area contributed by atoms with Gasteiger partial charge in [0, 0.05) is 13.2 Å². The summed E-state index contributed by atoms with van der Waals surface area (Å²) < 4.78 is 5.69. The molecule has 2 aliphatic rings. The molecule has 0 aromatic carbocycles. The quantitative estimate of drug-likeness (QED) is 0.774. The number of carbonyl (C=O) groups is 1. The lowest BCUT2D eigenvalue weighted by Gasteiger charge is -2.36. The Morgan fingerprint density at radius 3 is 2.47 bits per heavy atom. The minimum Gasteiger partial charge on any atom is -0.392 e. The van der Waals surface area contributed by atoms with Gasteiger partial charge in [-0.05, 0) is 32.6 Å². The number of carbonyl (C=O) groups excluding carboxylic acids is 1. The Balaban J connectivity index is 1.98. The third kappa shape index (κ3) is 3.08. The molecule has 1 heterocycles. The van der Waals surface area contributed by atoms with Crippen molar-refractivity contribution in [2.24, 2.45) is 11.1 Å². The monoisotopic (exact) mass is 284 g/mol. The van der Waals surface area contributed by atoms with Gasteiger partial charge in [-0.2, -0.15) is 0 Å². The SMILES string of the molecule is CC1(CNC(=O)C2(C(N)=S)CCCCC2)CCCO1. The highest BCUT2D eigenvalue weighted by atomic mass is 32.1. The summed E-state index contributed by atoms with van der Waals surface area (Å²) >= 11 is 5.17. The number of hydrogen-bond acceptors (Lipinski definition) is 3. The summed E-state index contributed by atoms with van der Waals surface area (Å²) in [4.78, 5) is 12.9. The summed E-state index contributed by atoms with van der Waals surface area (Å²) in [6.45, 7) is 3.39. The van der Waals surface area contributed by atoms with E-state index in [1.54, 1.807) is 0 Å². The van der Waals surface area contributed by atoms with Crippen LogP contribution < -0.4 is 11.1 Å². The number of ether oxygens (including phenoxy) is 1. The van der Waals surface area contributed by atoms with Crippen molar-refractivity contribution in [2.45, 2.75) is 57.5 Å².